The van der Waals surface area contributed by atoms with Gasteiger partial charge in [0.05, 0.1) is 11.6 Å². The minimum absolute atomic E-state index is 0.0244. The molecule has 6 nitrogen and oxygen atoms in total. The maximum atomic E-state index is 12.9. The normalized spacial score (nSPS) is 14.8. The van der Waals surface area contributed by atoms with E-state index in [-0.39, 0.29) is 23.6 Å². The highest BCUT2D eigenvalue weighted by Crippen LogP contribution is 2.35. The number of nitrogens with one attached hydrogen (secondary N) is 3. The Morgan fingerprint density at radius 2 is 1.78 bits per heavy atom. The number of fused-ring (bicyclic) bond motifs is 1. The van der Waals surface area contributed by atoms with E-state index in [9.17, 15) is 14.4 Å². The van der Waals surface area contributed by atoms with Gasteiger partial charge in [-0.2, -0.15) is 0 Å². The number of ketones is 1. The molecule has 6 heteroatoms. The van der Waals surface area contributed by atoms with Crippen LogP contribution in [0, 0.1) is 13.8 Å². The Labute approximate surface area is 186 Å². The van der Waals surface area contributed by atoms with Crippen LogP contribution in [-0.4, -0.2) is 22.6 Å². The van der Waals surface area contributed by atoms with E-state index in [1.807, 2.05) is 51.1 Å². The minimum Gasteiger partial charge on any atom is -0.358 e. The summed E-state index contributed by atoms with van der Waals surface area (Å²) in [6.07, 6.45) is 1.74. The van der Waals surface area contributed by atoms with E-state index in [0.29, 0.717) is 33.6 Å². The van der Waals surface area contributed by atoms with Crippen molar-refractivity contribution >= 4 is 34.9 Å². The van der Waals surface area contributed by atoms with Gasteiger partial charge < -0.3 is 15.6 Å². The van der Waals surface area contributed by atoms with Crippen LogP contribution in [0.4, 0.5) is 5.69 Å². The second-order valence-electron chi connectivity index (χ2n) is 8.10. The number of H-pyrrole nitrogens is 1. The lowest BCUT2D eigenvalue weighted by molar-refractivity contribution is -0.110. The number of aryl methyl sites for hydroxylation is 1. The molecule has 0 saturated heterocycles. The Hall–Kier alpha value is -3.93. The predicted octanol–water partition coefficient (Wildman–Crippen LogP) is 4.82. The summed E-state index contributed by atoms with van der Waals surface area (Å²) in [7, 11) is 0. The Kier molecular flexibility index (Phi) is 5.53. The summed E-state index contributed by atoms with van der Waals surface area (Å²) >= 11 is 0. The molecule has 0 aliphatic carbocycles. The number of benzene rings is 2. The third-order valence-corrected chi connectivity index (χ3v) is 5.83. The fraction of sp³-hybridized carbons (Fsp3) is 0.192. The largest absolute Gasteiger partial charge is 0.358 e. The summed E-state index contributed by atoms with van der Waals surface area (Å²) in [6.45, 7) is 7.15. The number of Topliss-reactive ketones (excluding diaryl/α,β-unsaturated/α-hetero) is 1. The molecule has 0 spiro atoms. The Morgan fingerprint density at radius 1 is 1.06 bits per heavy atom. The number of aromatic amines is 1. The van der Waals surface area contributed by atoms with Gasteiger partial charge in [0.2, 0.25) is 0 Å². The average Bonchev–Trinajstić information content (AvgIpc) is 3.23. The zero-order valence-electron chi connectivity index (χ0n) is 18.5. The van der Waals surface area contributed by atoms with Crippen LogP contribution in [0.15, 0.2) is 48.5 Å². The van der Waals surface area contributed by atoms with Gasteiger partial charge in [0.1, 0.15) is 0 Å². The molecule has 2 amide bonds. The molecule has 2 aromatic carbocycles. The standard InChI is InChI=1S/C26H25N3O3/c1-14-23(27-16(3)24(14)17(4)30)13-21-20-12-19(10-11-22(20)29-26(21)32)25(31)28-15(2)18-8-6-5-7-9-18/h5-13,15,27H,1-4H3,(H,28,31)(H,29,32)/b21-13-. The van der Waals surface area contributed by atoms with E-state index in [4.69, 9.17) is 0 Å². The quantitative estimate of drug-likeness (QED) is 0.403. The van der Waals surface area contributed by atoms with Gasteiger partial charge in [0.25, 0.3) is 11.8 Å². The first kappa shape index (κ1) is 21.3. The molecule has 0 saturated carbocycles. The Balaban J connectivity index is 1.66. The fourth-order valence-electron chi connectivity index (χ4n) is 4.17. The number of hydrogen-bond acceptors (Lipinski definition) is 3. The molecule has 0 radical (unpaired) electrons. The summed E-state index contributed by atoms with van der Waals surface area (Å²) in [5.74, 6) is -0.483. The first-order valence-electron chi connectivity index (χ1n) is 10.5. The zero-order chi connectivity index (χ0) is 23.0. The highest BCUT2D eigenvalue weighted by molar-refractivity contribution is 6.35. The summed E-state index contributed by atoms with van der Waals surface area (Å²) < 4.78 is 0. The topological polar surface area (TPSA) is 91.1 Å². The highest BCUT2D eigenvalue weighted by Gasteiger charge is 2.26. The Morgan fingerprint density at radius 3 is 2.44 bits per heavy atom. The lowest BCUT2D eigenvalue weighted by atomic mass is 10.0. The van der Waals surface area contributed by atoms with Crippen LogP contribution >= 0.6 is 0 Å². The number of rotatable bonds is 5. The monoisotopic (exact) mass is 427 g/mol. The van der Waals surface area contributed by atoms with E-state index >= 15 is 0 Å². The third kappa shape index (κ3) is 3.87. The molecule has 4 rings (SSSR count). The maximum absolute atomic E-state index is 12.9. The van der Waals surface area contributed by atoms with Crippen molar-refractivity contribution in [3.8, 4) is 0 Å². The van der Waals surface area contributed by atoms with Gasteiger partial charge in [-0.3, -0.25) is 14.4 Å². The zero-order valence-corrected chi connectivity index (χ0v) is 18.5. The van der Waals surface area contributed by atoms with Gasteiger partial charge in [-0.25, -0.2) is 0 Å². The lowest BCUT2D eigenvalue weighted by Gasteiger charge is -2.14. The van der Waals surface area contributed by atoms with Gasteiger partial charge in [-0.15, -0.1) is 0 Å². The average molecular weight is 428 g/mol. The molecule has 1 aliphatic rings. The molecular formula is C26H25N3O3. The predicted molar refractivity (Wildman–Crippen MR) is 126 cm³/mol. The molecule has 1 unspecified atom stereocenters. The van der Waals surface area contributed by atoms with Gasteiger partial charge in [0, 0.05) is 33.8 Å². The van der Waals surface area contributed by atoms with Crippen molar-refractivity contribution in [2.24, 2.45) is 0 Å². The van der Waals surface area contributed by atoms with Crippen LogP contribution < -0.4 is 10.6 Å². The van der Waals surface area contributed by atoms with Gasteiger partial charge in [-0.05, 0) is 63.1 Å². The van der Waals surface area contributed by atoms with Gasteiger partial charge in [0.15, 0.2) is 5.78 Å². The summed E-state index contributed by atoms with van der Waals surface area (Å²) in [4.78, 5) is 40.7. The van der Waals surface area contributed by atoms with Crippen molar-refractivity contribution in [1.29, 1.82) is 0 Å². The van der Waals surface area contributed by atoms with E-state index < -0.39 is 0 Å². The van der Waals surface area contributed by atoms with E-state index in [1.54, 1.807) is 24.3 Å². The molecule has 0 bridgehead atoms. The molecule has 2 heterocycles. The van der Waals surface area contributed by atoms with Gasteiger partial charge >= 0.3 is 0 Å². The van der Waals surface area contributed by atoms with Crippen molar-refractivity contribution in [1.82, 2.24) is 10.3 Å². The van der Waals surface area contributed by atoms with Crippen LogP contribution in [0.25, 0.3) is 11.6 Å². The number of amides is 2. The molecule has 32 heavy (non-hydrogen) atoms. The summed E-state index contributed by atoms with van der Waals surface area (Å²) in [6, 6.07) is 14.7. The van der Waals surface area contributed by atoms with Crippen molar-refractivity contribution in [2.45, 2.75) is 33.7 Å². The number of aromatic nitrogens is 1. The van der Waals surface area contributed by atoms with E-state index in [2.05, 4.69) is 15.6 Å². The van der Waals surface area contributed by atoms with E-state index in [1.165, 1.54) is 6.92 Å². The number of carbonyl (C=O) groups excluding carboxylic acids is 3. The van der Waals surface area contributed by atoms with E-state index in [0.717, 1.165) is 16.8 Å². The molecular weight excluding hydrogens is 402 g/mol. The maximum Gasteiger partial charge on any atom is 0.256 e. The second kappa shape index (κ2) is 8.30. The van der Waals surface area contributed by atoms with Crippen molar-refractivity contribution < 1.29 is 14.4 Å². The molecule has 1 aliphatic heterocycles. The third-order valence-electron chi connectivity index (χ3n) is 5.83. The molecule has 1 aromatic heterocycles. The molecule has 3 aromatic rings. The van der Waals surface area contributed by atoms with Crippen molar-refractivity contribution in [3.05, 3.63) is 87.7 Å². The van der Waals surface area contributed by atoms with Crippen LogP contribution in [-0.2, 0) is 4.79 Å². The fourth-order valence-corrected chi connectivity index (χ4v) is 4.17. The number of hydrogen-bond donors (Lipinski definition) is 3. The van der Waals surface area contributed by atoms with Crippen molar-refractivity contribution in [3.63, 3.8) is 0 Å². The first-order valence-corrected chi connectivity index (χ1v) is 10.5. The summed E-state index contributed by atoms with van der Waals surface area (Å²) in [5.41, 5.74) is 6.16. The smallest absolute Gasteiger partial charge is 0.256 e. The molecule has 3 N–H and O–H groups in total. The highest BCUT2D eigenvalue weighted by atomic mass is 16.2. The SMILES string of the molecule is CC(=O)c1c(C)[nH]c(/C=C2\C(=O)Nc3ccc(C(=O)NC(C)c4ccccc4)cc32)c1C. The van der Waals surface area contributed by atoms with Crippen LogP contribution in [0.5, 0.6) is 0 Å². The Bertz CT molecular complexity index is 1270. The summed E-state index contributed by atoms with van der Waals surface area (Å²) in [5, 5.41) is 5.85. The number of anilines is 1. The molecule has 0 fully saturated rings. The van der Waals surface area contributed by atoms with Crippen LogP contribution in [0.1, 0.15) is 68.7 Å². The van der Waals surface area contributed by atoms with Crippen LogP contribution in [0.3, 0.4) is 0 Å². The molecule has 162 valence electrons. The van der Waals surface area contributed by atoms with Gasteiger partial charge in [-0.1, -0.05) is 30.3 Å². The number of carbonyl (C=O) groups is 3. The van der Waals surface area contributed by atoms with Crippen molar-refractivity contribution in [2.75, 3.05) is 5.32 Å². The second-order valence-corrected chi connectivity index (χ2v) is 8.10. The molecule has 1 atom stereocenters. The first-order chi connectivity index (χ1) is 15.3. The lowest BCUT2D eigenvalue weighted by Crippen LogP contribution is -2.26. The van der Waals surface area contributed by atoms with Crippen LogP contribution in [0.2, 0.25) is 0 Å². The minimum atomic E-state index is -0.244.